The number of carbonyl (C=O) groups excluding carboxylic acids is 1. The van der Waals surface area contributed by atoms with E-state index in [0.29, 0.717) is 18.4 Å². The van der Waals surface area contributed by atoms with E-state index in [2.05, 4.69) is 17.9 Å². The molecule has 2 atom stereocenters. The van der Waals surface area contributed by atoms with Gasteiger partial charge in [0.25, 0.3) is 0 Å². The van der Waals surface area contributed by atoms with Crippen LogP contribution in [0.1, 0.15) is 26.2 Å². The van der Waals surface area contributed by atoms with Gasteiger partial charge in [-0.1, -0.05) is 6.92 Å². The Hall–Kier alpha value is -1.08. The molecule has 1 saturated heterocycles. The highest BCUT2D eigenvalue weighted by molar-refractivity contribution is 5.82. The molecular weight excluding hydrogens is 202 g/mol. The average Bonchev–Trinajstić information content (AvgIpc) is 3.04. The van der Waals surface area contributed by atoms with E-state index in [1.807, 2.05) is 7.05 Å². The standard InChI is InChI=1S/C12H19N3O/c1-9-7-14(2)12(16)11(5-6-13)15(8-9)10-3-4-10/h9-11H,3-5,7-8H2,1-2H3. The first-order valence-electron chi connectivity index (χ1n) is 6.01. The Morgan fingerprint density at radius 2 is 2.12 bits per heavy atom. The van der Waals surface area contributed by atoms with Crippen molar-refractivity contribution in [1.29, 1.82) is 5.26 Å². The maximum absolute atomic E-state index is 12.2. The second-order valence-electron chi connectivity index (χ2n) is 5.13. The maximum atomic E-state index is 12.2. The molecule has 4 nitrogen and oxygen atoms in total. The van der Waals surface area contributed by atoms with Gasteiger partial charge in [-0.05, 0) is 18.8 Å². The molecule has 0 bridgehead atoms. The summed E-state index contributed by atoms with van der Waals surface area (Å²) in [7, 11) is 1.85. The van der Waals surface area contributed by atoms with E-state index in [1.165, 1.54) is 12.8 Å². The smallest absolute Gasteiger partial charge is 0.240 e. The molecule has 0 aromatic heterocycles. The molecule has 0 radical (unpaired) electrons. The second-order valence-corrected chi connectivity index (χ2v) is 5.13. The molecule has 4 heteroatoms. The summed E-state index contributed by atoms with van der Waals surface area (Å²) in [4.78, 5) is 16.2. The van der Waals surface area contributed by atoms with Crippen molar-refractivity contribution in [2.24, 2.45) is 5.92 Å². The molecule has 0 aromatic rings. The molecule has 0 N–H and O–H groups in total. The van der Waals surface area contributed by atoms with Crippen molar-refractivity contribution in [2.75, 3.05) is 20.1 Å². The number of amides is 1. The number of hydrogen-bond acceptors (Lipinski definition) is 3. The molecular formula is C12H19N3O. The van der Waals surface area contributed by atoms with E-state index < -0.39 is 0 Å². The van der Waals surface area contributed by atoms with Crippen LogP contribution in [0.3, 0.4) is 0 Å². The number of nitriles is 1. The van der Waals surface area contributed by atoms with E-state index in [9.17, 15) is 4.79 Å². The van der Waals surface area contributed by atoms with Crippen molar-refractivity contribution in [3.63, 3.8) is 0 Å². The minimum absolute atomic E-state index is 0.123. The Bertz CT molecular complexity index is 319. The van der Waals surface area contributed by atoms with Crippen LogP contribution in [0.4, 0.5) is 0 Å². The zero-order valence-electron chi connectivity index (χ0n) is 10.0. The molecule has 0 spiro atoms. The zero-order valence-corrected chi connectivity index (χ0v) is 10.0. The average molecular weight is 221 g/mol. The molecule has 0 aromatic carbocycles. The summed E-state index contributed by atoms with van der Waals surface area (Å²) >= 11 is 0. The lowest BCUT2D eigenvalue weighted by molar-refractivity contribution is -0.134. The topological polar surface area (TPSA) is 47.3 Å². The van der Waals surface area contributed by atoms with Crippen LogP contribution in [-0.2, 0) is 4.79 Å². The third kappa shape index (κ3) is 2.19. The van der Waals surface area contributed by atoms with E-state index >= 15 is 0 Å². The van der Waals surface area contributed by atoms with E-state index in [-0.39, 0.29) is 11.9 Å². The summed E-state index contributed by atoms with van der Waals surface area (Å²) in [5.41, 5.74) is 0. The van der Waals surface area contributed by atoms with Gasteiger partial charge in [0.2, 0.25) is 5.91 Å². The monoisotopic (exact) mass is 221 g/mol. The first-order chi connectivity index (χ1) is 7.63. The predicted molar refractivity (Wildman–Crippen MR) is 60.5 cm³/mol. The fraction of sp³-hybridized carbons (Fsp3) is 0.833. The number of hydrogen-bond donors (Lipinski definition) is 0. The van der Waals surface area contributed by atoms with Crippen LogP contribution in [0.25, 0.3) is 0 Å². The summed E-state index contributed by atoms with van der Waals surface area (Å²) in [6, 6.07) is 2.51. The molecule has 1 amide bonds. The van der Waals surface area contributed by atoms with Gasteiger partial charge in [0.1, 0.15) is 6.04 Å². The van der Waals surface area contributed by atoms with E-state index in [4.69, 9.17) is 5.26 Å². The van der Waals surface area contributed by atoms with E-state index in [1.54, 1.807) is 4.90 Å². The Kier molecular flexibility index (Phi) is 3.15. The van der Waals surface area contributed by atoms with Gasteiger partial charge in [-0.3, -0.25) is 9.69 Å². The highest BCUT2D eigenvalue weighted by Crippen LogP contribution is 2.32. The second kappa shape index (κ2) is 4.42. The summed E-state index contributed by atoms with van der Waals surface area (Å²) in [5, 5.41) is 8.85. The maximum Gasteiger partial charge on any atom is 0.240 e. The number of rotatable bonds is 2. The normalized spacial score (nSPS) is 32.3. The molecule has 1 aliphatic heterocycles. The first-order valence-corrected chi connectivity index (χ1v) is 6.01. The summed E-state index contributed by atoms with van der Waals surface area (Å²) < 4.78 is 0. The van der Waals surface area contributed by atoms with Crippen molar-refractivity contribution in [3.8, 4) is 6.07 Å². The van der Waals surface area contributed by atoms with Gasteiger partial charge in [0, 0.05) is 26.2 Å². The minimum atomic E-state index is -0.201. The SMILES string of the molecule is CC1CN(C)C(=O)C(CC#N)N(C2CC2)C1. The van der Waals surface area contributed by atoms with Crippen LogP contribution >= 0.6 is 0 Å². The largest absolute Gasteiger partial charge is 0.344 e. The minimum Gasteiger partial charge on any atom is -0.344 e. The predicted octanol–water partition coefficient (Wildman–Crippen LogP) is 0.841. The summed E-state index contributed by atoms with van der Waals surface area (Å²) in [6.07, 6.45) is 2.70. The quantitative estimate of drug-likeness (QED) is 0.694. The van der Waals surface area contributed by atoms with E-state index in [0.717, 1.165) is 13.1 Å². The fourth-order valence-electron chi connectivity index (χ4n) is 2.60. The summed E-state index contributed by atoms with van der Waals surface area (Å²) in [5.74, 6) is 0.621. The first kappa shape index (κ1) is 11.4. The third-order valence-corrected chi connectivity index (χ3v) is 3.47. The number of carbonyl (C=O) groups is 1. The molecule has 1 heterocycles. The van der Waals surface area contributed by atoms with Gasteiger partial charge >= 0.3 is 0 Å². The van der Waals surface area contributed by atoms with Crippen LogP contribution in [0.15, 0.2) is 0 Å². The Morgan fingerprint density at radius 3 is 2.69 bits per heavy atom. The molecule has 16 heavy (non-hydrogen) atoms. The van der Waals surface area contributed by atoms with Crippen LogP contribution in [0, 0.1) is 17.2 Å². The lowest BCUT2D eigenvalue weighted by Crippen LogP contribution is -2.45. The Morgan fingerprint density at radius 1 is 1.44 bits per heavy atom. The summed E-state index contributed by atoms with van der Waals surface area (Å²) in [6.45, 7) is 3.94. The van der Waals surface area contributed by atoms with Gasteiger partial charge in [0.05, 0.1) is 12.5 Å². The van der Waals surface area contributed by atoms with Gasteiger partial charge in [-0.15, -0.1) is 0 Å². The molecule has 2 rings (SSSR count). The zero-order chi connectivity index (χ0) is 11.7. The fourth-order valence-corrected chi connectivity index (χ4v) is 2.60. The van der Waals surface area contributed by atoms with Crippen molar-refractivity contribution in [2.45, 2.75) is 38.3 Å². The highest BCUT2D eigenvalue weighted by Gasteiger charge is 2.40. The van der Waals surface area contributed by atoms with Crippen molar-refractivity contribution in [3.05, 3.63) is 0 Å². The third-order valence-electron chi connectivity index (χ3n) is 3.47. The van der Waals surface area contributed by atoms with Gasteiger partial charge in [-0.2, -0.15) is 5.26 Å². The number of nitrogens with zero attached hydrogens (tertiary/aromatic N) is 3. The highest BCUT2D eigenvalue weighted by atomic mass is 16.2. The van der Waals surface area contributed by atoms with Crippen LogP contribution in [-0.4, -0.2) is 47.9 Å². The van der Waals surface area contributed by atoms with Crippen molar-refractivity contribution in [1.82, 2.24) is 9.80 Å². The Balaban J connectivity index is 2.18. The molecule has 88 valence electrons. The molecule has 2 aliphatic rings. The lowest BCUT2D eigenvalue weighted by atomic mass is 10.1. The molecule has 1 aliphatic carbocycles. The number of likely N-dealkylation sites (N-methyl/N-ethyl adjacent to an activating group) is 1. The van der Waals surface area contributed by atoms with Gasteiger partial charge < -0.3 is 4.90 Å². The molecule has 2 unspecified atom stereocenters. The van der Waals surface area contributed by atoms with Gasteiger partial charge in [0.15, 0.2) is 0 Å². The molecule has 1 saturated carbocycles. The van der Waals surface area contributed by atoms with Crippen LogP contribution < -0.4 is 0 Å². The lowest BCUT2D eigenvalue weighted by Gasteiger charge is -2.28. The van der Waals surface area contributed by atoms with Crippen molar-refractivity contribution >= 4 is 5.91 Å². The molecule has 2 fully saturated rings. The van der Waals surface area contributed by atoms with Crippen LogP contribution in [0.5, 0.6) is 0 Å². The Labute approximate surface area is 96.8 Å². The van der Waals surface area contributed by atoms with Crippen LogP contribution in [0.2, 0.25) is 0 Å². The van der Waals surface area contributed by atoms with Crippen molar-refractivity contribution < 1.29 is 4.79 Å². The van der Waals surface area contributed by atoms with Gasteiger partial charge in [-0.25, -0.2) is 0 Å².